The molecule has 0 saturated carbocycles. The average molecular weight is 409 g/mol. The predicted molar refractivity (Wildman–Crippen MR) is 114 cm³/mol. The van der Waals surface area contributed by atoms with Gasteiger partial charge in [-0.3, -0.25) is 4.79 Å². The van der Waals surface area contributed by atoms with Crippen LogP contribution in [0, 0.1) is 5.92 Å². The van der Waals surface area contributed by atoms with Gasteiger partial charge in [0.25, 0.3) is 11.9 Å². The third kappa shape index (κ3) is 4.49. The van der Waals surface area contributed by atoms with Gasteiger partial charge in [0.15, 0.2) is 0 Å². The molecule has 0 unspecified atom stereocenters. The minimum atomic E-state index is -0.108. The van der Waals surface area contributed by atoms with E-state index in [0.29, 0.717) is 41.1 Å². The maximum absolute atomic E-state index is 13.0. The molecule has 2 aromatic heterocycles. The molecule has 0 fully saturated rings. The summed E-state index contributed by atoms with van der Waals surface area (Å²) < 4.78 is 12.3. The monoisotopic (exact) mass is 409 g/mol. The van der Waals surface area contributed by atoms with Crippen LogP contribution < -0.4 is 4.74 Å². The Morgan fingerprint density at radius 1 is 1.20 bits per heavy atom. The van der Waals surface area contributed by atoms with Crippen LogP contribution in [0.15, 0.2) is 42.7 Å². The number of ether oxygens (including phenoxy) is 2. The van der Waals surface area contributed by atoms with Crippen molar-refractivity contribution in [2.75, 3.05) is 27.8 Å². The molecule has 0 aliphatic carbocycles. The predicted octanol–water partition coefficient (Wildman–Crippen LogP) is 3.21. The first kappa shape index (κ1) is 21.4. The number of benzene rings is 1. The van der Waals surface area contributed by atoms with Gasteiger partial charge in [-0.05, 0) is 24.1 Å². The number of amides is 1. The van der Waals surface area contributed by atoms with Gasteiger partial charge in [0.05, 0.1) is 36.9 Å². The summed E-state index contributed by atoms with van der Waals surface area (Å²) >= 11 is 0. The Morgan fingerprint density at radius 3 is 2.67 bits per heavy atom. The van der Waals surface area contributed by atoms with E-state index in [1.54, 1.807) is 43.2 Å². The summed E-state index contributed by atoms with van der Waals surface area (Å²) in [6, 6.07) is 9.44. The van der Waals surface area contributed by atoms with Crippen molar-refractivity contribution in [3.05, 3.63) is 54.0 Å². The van der Waals surface area contributed by atoms with Gasteiger partial charge in [-0.25, -0.2) is 9.97 Å². The zero-order valence-electron chi connectivity index (χ0n) is 18.0. The maximum atomic E-state index is 13.0. The minimum absolute atomic E-state index is 0.108. The van der Waals surface area contributed by atoms with Gasteiger partial charge in [0.2, 0.25) is 0 Å². The van der Waals surface area contributed by atoms with Crippen molar-refractivity contribution < 1.29 is 14.3 Å². The van der Waals surface area contributed by atoms with E-state index in [1.165, 1.54) is 0 Å². The van der Waals surface area contributed by atoms with Crippen molar-refractivity contribution >= 4 is 5.91 Å². The van der Waals surface area contributed by atoms with E-state index in [0.717, 1.165) is 5.56 Å². The number of methoxy groups -OCH3 is 2. The highest BCUT2D eigenvalue weighted by molar-refractivity contribution is 5.95. The first-order chi connectivity index (χ1) is 14.5. The summed E-state index contributed by atoms with van der Waals surface area (Å²) in [7, 11) is 4.99. The molecule has 0 spiro atoms. The quantitative estimate of drug-likeness (QED) is 0.568. The molecule has 3 rings (SSSR count). The lowest BCUT2D eigenvalue weighted by molar-refractivity contribution is 0.0774. The highest BCUT2D eigenvalue weighted by atomic mass is 16.5. The van der Waals surface area contributed by atoms with E-state index in [1.807, 2.05) is 30.3 Å². The van der Waals surface area contributed by atoms with Crippen LogP contribution in [0.1, 0.15) is 29.9 Å². The van der Waals surface area contributed by atoms with Gasteiger partial charge < -0.3 is 14.4 Å². The molecular formula is C22H27N5O3. The van der Waals surface area contributed by atoms with E-state index in [9.17, 15) is 4.79 Å². The number of hydrogen-bond acceptors (Lipinski definition) is 6. The normalized spacial score (nSPS) is 11.0. The molecule has 0 bridgehead atoms. The van der Waals surface area contributed by atoms with Crippen molar-refractivity contribution in [1.82, 2.24) is 24.6 Å². The van der Waals surface area contributed by atoms with Gasteiger partial charge in [-0.2, -0.15) is 9.78 Å². The van der Waals surface area contributed by atoms with Crippen LogP contribution in [0.4, 0.5) is 0 Å². The third-order valence-electron chi connectivity index (χ3n) is 4.58. The highest BCUT2D eigenvalue weighted by Crippen LogP contribution is 2.28. The van der Waals surface area contributed by atoms with Gasteiger partial charge in [0, 0.05) is 32.5 Å². The Kier molecular flexibility index (Phi) is 6.79. The summed E-state index contributed by atoms with van der Waals surface area (Å²) in [6.45, 7) is 5.00. The number of nitrogens with zero attached hydrogens (tertiary/aromatic N) is 5. The van der Waals surface area contributed by atoms with Crippen molar-refractivity contribution in [1.29, 1.82) is 0 Å². The van der Waals surface area contributed by atoms with Crippen molar-refractivity contribution in [2.45, 2.75) is 20.5 Å². The molecule has 0 aliphatic heterocycles. The lowest BCUT2D eigenvalue weighted by Crippen LogP contribution is -2.31. The second kappa shape index (κ2) is 9.49. The topological polar surface area (TPSA) is 82.4 Å². The molecule has 0 aliphatic rings. The van der Waals surface area contributed by atoms with Crippen LogP contribution in [0.2, 0.25) is 0 Å². The standard InChI is InChI=1S/C22H27N5O3/c1-15(2)13-26(3)21(28)17-12-24-27(19(17)14-29-4)22-23-11-10-18(25-22)16-8-6-7-9-20(16)30-5/h6-12,15H,13-14H2,1-5H3. The number of hydrogen-bond donors (Lipinski definition) is 0. The van der Waals surface area contributed by atoms with Crippen LogP contribution in [0.25, 0.3) is 17.2 Å². The average Bonchev–Trinajstić information content (AvgIpc) is 3.16. The molecule has 1 aromatic carbocycles. The zero-order valence-corrected chi connectivity index (χ0v) is 18.0. The van der Waals surface area contributed by atoms with E-state index in [-0.39, 0.29) is 12.5 Å². The van der Waals surface area contributed by atoms with Crippen LogP contribution >= 0.6 is 0 Å². The summed E-state index contributed by atoms with van der Waals surface area (Å²) in [6.07, 6.45) is 3.21. The highest BCUT2D eigenvalue weighted by Gasteiger charge is 2.23. The largest absolute Gasteiger partial charge is 0.496 e. The van der Waals surface area contributed by atoms with Gasteiger partial charge in [-0.1, -0.05) is 26.0 Å². The summed E-state index contributed by atoms with van der Waals surface area (Å²) in [5.41, 5.74) is 2.62. The first-order valence-electron chi connectivity index (χ1n) is 9.74. The summed E-state index contributed by atoms with van der Waals surface area (Å²) in [5, 5.41) is 4.40. The van der Waals surface area contributed by atoms with E-state index in [4.69, 9.17) is 9.47 Å². The molecule has 0 radical (unpaired) electrons. The van der Waals surface area contributed by atoms with E-state index >= 15 is 0 Å². The van der Waals surface area contributed by atoms with Crippen molar-refractivity contribution in [3.8, 4) is 23.0 Å². The third-order valence-corrected chi connectivity index (χ3v) is 4.58. The van der Waals surface area contributed by atoms with Gasteiger partial charge in [-0.15, -0.1) is 0 Å². The maximum Gasteiger partial charge on any atom is 0.257 e. The first-order valence-corrected chi connectivity index (χ1v) is 9.74. The number of aromatic nitrogens is 4. The summed E-state index contributed by atoms with van der Waals surface area (Å²) in [5.74, 6) is 1.32. The molecule has 0 atom stereocenters. The Balaban J connectivity index is 2.02. The fourth-order valence-electron chi connectivity index (χ4n) is 3.29. The summed E-state index contributed by atoms with van der Waals surface area (Å²) in [4.78, 5) is 23.7. The molecule has 8 heteroatoms. The molecule has 0 saturated heterocycles. The van der Waals surface area contributed by atoms with Crippen LogP contribution in [0.3, 0.4) is 0 Å². The Morgan fingerprint density at radius 2 is 1.97 bits per heavy atom. The molecule has 30 heavy (non-hydrogen) atoms. The smallest absolute Gasteiger partial charge is 0.257 e. The van der Waals surface area contributed by atoms with Crippen LogP contribution in [-0.2, 0) is 11.3 Å². The number of para-hydroxylation sites is 1. The van der Waals surface area contributed by atoms with Crippen molar-refractivity contribution in [3.63, 3.8) is 0 Å². The molecule has 2 heterocycles. The molecule has 3 aromatic rings. The van der Waals surface area contributed by atoms with E-state index in [2.05, 4.69) is 28.9 Å². The minimum Gasteiger partial charge on any atom is -0.496 e. The lowest BCUT2D eigenvalue weighted by Gasteiger charge is -2.19. The van der Waals surface area contributed by atoms with Crippen LogP contribution in [-0.4, -0.2) is 58.4 Å². The molecule has 1 amide bonds. The Bertz CT molecular complexity index is 1020. The van der Waals surface area contributed by atoms with Gasteiger partial charge in [0.1, 0.15) is 5.75 Å². The number of carbonyl (C=O) groups excluding carboxylic acids is 1. The lowest BCUT2D eigenvalue weighted by atomic mass is 10.1. The Labute approximate surface area is 176 Å². The van der Waals surface area contributed by atoms with Gasteiger partial charge >= 0.3 is 0 Å². The number of carbonyl (C=O) groups is 1. The zero-order chi connectivity index (χ0) is 21.7. The Hall–Kier alpha value is -3.26. The molecule has 8 nitrogen and oxygen atoms in total. The molecule has 0 N–H and O–H groups in total. The van der Waals surface area contributed by atoms with E-state index < -0.39 is 0 Å². The van der Waals surface area contributed by atoms with Crippen LogP contribution in [0.5, 0.6) is 5.75 Å². The fraction of sp³-hybridized carbons (Fsp3) is 0.364. The number of rotatable bonds is 8. The second-order valence-electron chi connectivity index (χ2n) is 7.37. The fourth-order valence-corrected chi connectivity index (χ4v) is 3.29. The van der Waals surface area contributed by atoms with Crippen molar-refractivity contribution in [2.24, 2.45) is 5.92 Å². The second-order valence-corrected chi connectivity index (χ2v) is 7.37. The SMILES string of the molecule is COCc1c(C(=O)N(C)CC(C)C)cnn1-c1nccc(-c2ccccc2OC)n1. The molecule has 158 valence electrons. The molecular weight excluding hydrogens is 382 g/mol.